The van der Waals surface area contributed by atoms with Crippen LogP contribution >= 0.6 is 0 Å². The number of amides is 1. The summed E-state index contributed by atoms with van der Waals surface area (Å²) >= 11 is 0. The zero-order valence-electron chi connectivity index (χ0n) is 11.4. The average Bonchev–Trinajstić information content (AvgIpc) is 2.41. The zero-order valence-corrected chi connectivity index (χ0v) is 11.4. The molecule has 104 valence electrons. The molecule has 0 atom stereocenters. The summed E-state index contributed by atoms with van der Waals surface area (Å²) < 4.78 is 0. The third kappa shape index (κ3) is 3.06. The maximum Gasteiger partial charge on any atom is 0.254 e. The molecule has 1 amide bonds. The average molecular weight is 272 g/mol. The first-order valence-electron chi connectivity index (χ1n) is 6.17. The quantitative estimate of drug-likeness (QED) is 0.839. The summed E-state index contributed by atoms with van der Waals surface area (Å²) in [6.07, 6.45) is 0. The van der Waals surface area contributed by atoms with Gasteiger partial charge < -0.3 is 15.1 Å². The van der Waals surface area contributed by atoms with Crippen molar-refractivity contribution in [3.05, 3.63) is 53.3 Å². The number of carbonyl (C=O) groups is 1. The molecule has 0 aliphatic rings. The van der Waals surface area contributed by atoms with Crippen LogP contribution in [-0.2, 0) is 6.54 Å². The molecule has 0 saturated carbocycles. The number of hydrogen-bond acceptors (Lipinski definition) is 4. The van der Waals surface area contributed by atoms with E-state index in [0.717, 1.165) is 11.4 Å². The van der Waals surface area contributed by atoms with E-state index in [9.17, 15) is 15.0 Å². The Morgan fingerprint density at radius 1 is 1.20 bits per heavy atom. The summed E-state index contributed by atoms with van der Waals surface area (Å²) in [6.45, 7) is 2.27. The van der Waals surface area contributed by atoms with Crippen LogP contribution in [0, 0.1) is 6.92 Å². The van der Waals surface area contributed by atoms with E-state index in [1.807, 2.05) is 25.1 Å². The monoisotopic (exact) mass is 272 g/mol. The van der Waals surface area contributed by atoms with Gasteiger partial charge in [-0.15, -0.1) is 0 Å². The summed E-state index contributed by atoms with van der Waals surface area (Å²) in [5, 5.41) is 18.7. The zero-order chi connectivity index (χ0) is 14.7. The van der Waals surface area contributed by atoms with E-state index in [1.165, 1.54) is 23.1 Å². The highest BCUT2D eigenvalue weighted by atomic mass is 16.3. The molecule has 1 aromatic heterocycles. The first-order valence-corrected chi connectivity index (χ1v) is 6.17. The summed E-state index contributed by atoms with van der Waals surface area (Å²) in [7, 11) is 1.66. The first-order chi connectivity index (χ1) is 9.47. The number of aryl methyl sites for hydroxylation is 1. The van der Waals surface area contributed by atoms with Crippen molar-refractivity contribution < 1.29 is 15.0 Å². The molecule has 5 nitrogen and oxygen atoms in total. The molecule has 20 heavy (non-hydrogen) atoms. The number of hydrogen-bond donors (Lipinski definition) is 2. The molecule has 5 heteroatoms. The van der Waals surface area contributed by atoms with E-state index >= 15 is 0 Å². The van der Waals surface area contributed by atoms with Crippen LogP contribution < -0.4 is 0 Å². The first kappa shape index (κ1) is 13.9. The second-order valence-corrected chi connectivity index (χ2v) is 4.64. The summed E-state index contributed by atoms with van der Waals surface area (Å²) in [4.78, 5) is 18.0. The number of phenolic OH excluding ortho intramolecular Hbond substituents is 2. The number of benzene rings is 1. The SMILES string of the molecule is Cc1cccc(CN(C)C(=O)c2ccc(O)c(O)c2)n1. The maximum atomic E-state index is 12.2. The smallest absolute Gasteiger partial charge is 0.254 e. The fraction of sp³-hybridized carbons (Fsp3) is 0.200. The van der Waals surface area contributed by atoms with Crippen LogP contribution in [0.1, 0.15) is 21.7 Å². The second kappa shape index (κ2) is 5.61. The summed E-state index contributed by atoms with van der Waals surface area (Å²) in [5.74, 6) is -0.800. The summed E-state index contributed by atoms with van der Waals surface area (Å²) in [5.41, 5.74) is 2.00. The van der Waals surface area contributed by atoms with Crippen molar-refractivity contribution in [2.75, 3.05) is 7.05 Å². The predicted octanol–water partition coefficient (Wildman–Crippen LogP) is 2.07. The minimum absolute atomic E-state index is 0.246. The molecule has 1 aromatic carbocycles. The molecule has 0 aliphatic heterocycles. The van der Waals surface area contributed by atoms with Crippen LogP contribution in [0.5, 0.6) is 11.5 Å². The van der Waals surface area contributed by atoms with Crippen LogP contribution in [0.15, 0.2) is 36.4 Å². The van der Waals surface area contributed by atoms with E-state index in [0.29, 0.717) is 12.1 Å². The normalized spacial score (nSPS) is 10.3. The van der Waals surface area contributed by atoms with Gasteiger partial charge in [-0.1, -0.05) is 6.07 Å². The van der Waals surface area contributed by atoms with E-state index in [-0.39, 0.29) is 17.4 Å². The van der Waals surface area contributed by atoms with Crippen LogP contribution in [0.4, 0.5) is 0 Å². The Balaban J connectivity index is 2.14. The van der Waals surface area contributed by atoms with E-state index in [2.05, 4.69) is 4.98 Å². The van der Waals surface area contributed by atoms with Crippen molar-refractivity contribution in [1.82, 2.24) is 9.88 Å². The minimum Gasteiger partial charge on any atom is -0.504 e. The molecule has 0 unspecified atom stereocenters. The lowest BCUT2D eigenvalue weighted by Gasteiger charge is -2.17. The molecule has 1 heterocycles. The molecule has 0 spiro atoms. The van der Waals surface area contributed by atoms with Gasteiger partial charge in [-0.25, -0.2) is 0 Å². The van der Waals surface area contributed by atoms with Crippen molar-refractivity contribution in [3.63, 3.8) is 0 Å². The lowest BCUT2D eigenvalue weighted by Crippen LogP contribution is -2.26. The Bertz CT molecular complexity index is 641. The molecule has 2 aromatic rings. The Labute approximate surface area is 117 Å². The number of carbonyl (C=O) groups excluding carboxylic acids is 1. The van der Waals surface area contributed by atoms with Gasteiger partial charge in [0, 0.05) is 18.3 Å². The fourth-order valence-corrected chi connectivity index (χ4v) is 1.88. The third-order valence-corrected chi connectivity index (χ3v) is 2.91. The van der Waals surface area contributed by atoms with Gasteiger partial charge in [0.25, 0.3) is 5.91 Å². The van der Waals surface area contributed by atoms with E-state index in [1.54, 1.807) is 7.05 Å². The molecule has 2 rings (SSSR count). The van der Waals surface area contributed by atoms with Crippen molar-refractivity contribution >= 4 is 5.91 Å². The topological polar surface area (TPSA) is 73.7 Å². The fourth-order valence-electron chi connectivity index (χ4n) is 1.88. The lowest BCUT2D eigenvalue weighted by molar-refractivity contribution is 0.0783. The van der Waals surface area contributed by atoms with Crippen molar-refractivity contribution in [3.8, 4) is 11.5 Å². The molecule has 0 radical (unpaired) electrons. The Kier molecular flexibility index (Phi) is 3.89. The van der Waals surface area contributed by atoms with Gasteiger partial charge in [0.1, 0.15) is 0 Å². The number of aromatic hydroxyl groups is 2. The number of aromatic nitrogens is 1. The molecule has 0 bridgehead atoms. The predicted molar refractivity (Wildman–Crippen MR) is 74.5 cm³/mol. The van der Waals surface area contributed by atoms with Crippen LogP contribution in [0.3, 0.4) is 0 Å². The van der Waals surface area contributed by atoms with Gasteiger partial charge in [-0.05, 0) is 37.3 Å². The van der Waals surface area contributed by atoms with Crippen LogP contribution in [0.2, 0.25) is 0 Å². The van der Waals surface area contributed by atoms with Gasteiger partial charge in [0.2, 0.25) is 0 Å². The van der Waals surface area contributed by atoms with Crippen LogP contribution in [0.25, 0.3) is 0 Å². The van der Waals surface area contributed by atoms with Gasteiger partial charge in [0.05, 0.1) is 12.2 Å². The number of pyridine rings is 1. The van der Waals surface area contributed by atoms with E-state index < -0.39 is 0 Å². The Morgan fingerprint density at radius 3 is 2.60 bits per heavy atom. The van der Waals surface area contributed by atoms with Crippen molar-refractivity contribution in [2.45, 2.75) is 13.5 Å². The molecule has 0 saturated heterocycles. The second-order valence-electron chi connectivity index (χ2n) is 4.64. The lowest BCUT2D eigenvalue weighted by atomic mass is 10.1. The highest BCUT2D eigenvalue weighted by Gasteiger charge is 2.14. The minimum atomic E-state index is -0.307. The highest BCUT2D eigenvalue weighted by Crippen LogP contribution is 2.25. The standard InChI is InChI=1S/C15H16N2O3/c1-10-4-3-5-12(16-10)9-17(2)15(20)11-6-7-13(18)14(19)8-11/h3-8,18-19H,9H2,1-2H3. The maximum absolute atomic E-state index is 12.2. The van der Waals surface area contributed by atoms with Crippen molar-refractivity contribution in [2.24, 2.45) is 0 Å². The molecule has 0 fully saturated rings. The molecular formula is C15H16N2O3. The number of phenols is 2. The molecule has 0 aliphatic carbocycles. The number of rotatable bonds is 3. The Morgan fingerprint density at radius 2 is 1.95 bits per heavy atom. The van der Waals surface area contributed by atoms with Gasteiger partial charge in [-0.2, -0.15) is 0 Å². The van der Waals surface area contributed by atoms with Crippen molar-refractivity contribution in [1.29, 1.82) is 0 Å². The van der Waals surface area contributed by atoms with Crippen LogP contribution in [-0.4, -0.2) is 33.1 Å². The van der Waals surface area contributed by atoms with Gasteiger partial charge >= 0.3 is 0 Å². The number of nitrogens with zero attached hydrogens (tertiary/aromatic N) is 2. The van der Waals surface area contributed by atoms with E-state index in [4.69, 9.17) is 0 Å². The molecule has 2 N–H and O–H groups in total. The highest BCUT2D eigenvalue weighted by molar-refractivity contribution is 5.94. The molecular weight excluding hydrogens is 256 g/mol. The third-order valence-electron chi connectivity index (χ3n) is 2.91. The Hall–Kier alpha value is -2.56. The summed E-state index contributed by atoms with van der Waals surface area (Å²) in [6, 6.07) is 9.65. The van der Waals surface area contributed by atoms with Gasteiger partial charge in [0.15, 0.2) is 11.5 Å². The van der Waals surface area contributed by atoms with Gasteiger partial charge in [-0.3, -0.25) is 9.78 Å². The largest absolute Gasteiger partial charge is 0.504 e.